The minimum atomic E-state index is 0.0572. The Bertz CT molecular complexity index is 346. The van der Waals surface area contributed by atoms with Crippen LogP contribution in [-0.4, -0.2) is 13.1 Å². The van der Waals surface area contributed by atoms with E-state index in [0.29, 0.717) is 5.02 Å². The minimum Gasteiger partial charge on any atom is -0.257 e. The summed E-state index contributed by atoms with van der Waals surface area (Å²) >= 11 is 12.0. The van der Waals surface area contributed by atoms with Crippen molar-refractivity contribution >= 4 is 23.2 Å². The molecule has 2 nitrogen and oxygen atoms in total. The first-order valence-electron chi connectivity index (χ1n) is 4.53. The normalized spacial score (nSPS) is 19.9. The first kappa shape index (κ1) is 10.2. The summed E-state index contributed by atoms with van der Waals surface area (Å²) in [7, 11) is 0. The second-order valence-electron chi connectivity index (χ2n) is 3.89. The molecule has 0 amide bonds. The van der Waals surface area contributed by atoms with Gasteiger partial charge in [-0.2, -0.15) is 0 Å². The molecule has 4 heteroatoms. The number of benzene rings is 1. The maximum atomic E-state index is 6.16. The maximum Gasteiger partial charge on any atom is 0.0459 e. The van der Waals surface area contributed by atoms with Crippen LogP contribution < -0.4 is 10.9 Å². The van der Waals surface area contributed by atoms with E-state index in [-0.39, 0.29) is 5.41 Å². The number of rotatable bonds is 1. The Kier molecular flexibility index (Phi) is 2.71. The molecular formula is C10H12Cl2N2. The second-order valence-corrected chi connectivity index (χ2v) is 4.74. The highest BCUT2D eigenvalue weighted by Crippen LogP contribution is 2.32. The van der Waals surface area contributed by atoms with Crippen LogP contribution in [0.3, 0.4) is 0 Å². The number of halogens is 2. The highest BCUT2D eigenvalue weighted by Gasteiger charge is 2.32. The van der Waals surface area contributed by atoms with Crippen molar-refractivity contribution in [2.24, 2.45) is 0 Å². The standard InChI is InChI=1S/C10H12Cl2N2/c1-10(5-13-14-6-10)8-3-2-7(11)4-9(8)12/h2-4,13-14H,5-6H2,1H3. The van der Waals surface area contributed by atoms with Crippen molar-refractivity contribution in [3.8, 4) is 0 Å². The summed E-state index contributed by atoms with van der Waals surface area (Å²) in [6.07, 6.45) is 0. The molecule has 1 aromatic rings. The van der Waals surface area contributed by atoms with Crippen LogP contribution in [0.5, 0.6) is 0 Å². The largest absolute Gasteiger partial charge is 0.257 e. The van der Waals surface area contributed by atoms with Crippen molar-refractivity contribution in [3.63, 3.8) is 0 Å². The zero-order valence-corrected chi connectivity index (χ0v) is 9.41. The van der Waals surface area contributed by atoms with Gasteiger partial charge in [0.05, 0.1) is 0 Å². The molecule has 1 aliphatic rings. The third-order valence-corrected chi connectivity index (χ3v) is 3.21. The smallest absolute Gasteiger partial charge is 0.0459 e. The SMILES string of the molecule is CC1(c2ccc(Cl)cc2Cl)CNNC1. The van der Waals surface area contributed by atoms with Crippen LogP contribution in [0.1, 0.15) is 12.5 Å². The lowest BCUT2D eigenvalue weighted by atomic mass is 9.83. The first-order valence-corrected chi connectivity index (χ1v) is 5.29. The first-order chi connectivity index (χ1) is 6.62. The van der Waals surface area contributed by atoms with Crippen LogP contribution in [0, 0.1) is 0 Å². The predicted octanol–water partition coefficient (Wildman–Crippen LogP) is 2.36. The molecule has 0 saturated carbocycles. The Labute approximate surface area is 93.6 Å². The lowest BCUT2D eigenvalue weighted by molar-refractivity contribution is 0.553. The molecule has 0 radical (unpaired) electrons. The van der Waals surface area contributed by atoms with Crippen LogP contribution in [-0.2, 0) is 5.41 Å². The van der Waals surface area contributed by atoms with E-state index in [9.17, 15) is 0 Å². The lowest BCUT2D eigenvalue weighted by Gasteiger charge is -2.23. The van der Waals surface area contributed by atoms with E-state index in [1.165, 1.54) is 0 Å². The third-order valence-electron chi connectivity index (χ3n) is 2.66. The number of hydrogen-bond acceptors (Lipinski definition) is 2. The fourth-order valence-electron chi connectivity index (χ4n) is 1.75. The van der Waals surface area contributed by atoms with Crippen molar-refractivity contribution in [1.29, 1.82) is 0 Å². The summed E-state index contributed by atoms with van der Waals surface area (Å²) in [5.74, 6) is 0. The van der Waals surface area contributed by atoms with Gasteiger partial charge in [0, 0.05) is 28.5 Å². The Hall–Kier alpha value is -0.280. The molecule has 0 aliphatic carbocycles. The number of nitrogens with one attached hydrogen (secondary N) is 2. The highest BCUT2D eigenvalue weighted by atomic mass is 35.5. The average molecular weight is 231 g/mol. The minimum absolute atomic E-state index is 0.0572. The summed E-state index contributed by atoms with van der Waals surface area (Å²) in [5, 5.41) is 1.42. The van der Waals surface area contributed by atoms with Gasteiger partial charge in [0.1, 0.15) is 0 Å². The van der Waals surface area contributed by atoms with Gasteiger partial charge < -0.3 is 0 Å². The summed E-state index contributed by atoms with van der Waals surface area (Å²) in [6, 6.07) is 5.67. The topological polar surface area (TPSA) is 24.1 Å². The molecule has 1 heterocycles. The van der Waals surface area contributed by atoms with Crippen LogP contribution in [0.4, 0.5) is 0 Å². The molecule has 0 unspecified atom stereocenters. The van der Waals surface area contributed by atoms with E-state index >= 15 is 0 Å². The van der Waals surface area contributed by atoms with E-state index in [1.807, 2.05) is 12.1 Å². The Morgan fingerprint density at radius 1 is 1.21 bits per heavy atom. The molecule has 0 aromatic heterocycles. The van der Waals surface area contributed by atoms with Crippen LogP contribution in [0.2, 0.25) is 10.0 Å². The molecule has 14 heavy (non-hydrogen) atoms. The van der Waals surface area contributed by atoms with E-state index < -0.39 is 0 Å². The van der Waals surface area contributed by atoms with E-state index in [0.717, 1.165) is 23.7 Å². The van der Waals surface area contributed by atoms with Gasteiger partial charge in [-0.3, -0.25) is 10.9 Å². The van der Waals surface area contributed by atoms with Gasteiger partial charge in [0.25, 0.3) is 0 Å². The van der Waals surface area contributed by atoms with Gasteiger partial charge in [-0.05, 0) is 17.7 Å². The quantitative estimate of drug-likeness (QED) is 0.775. The van der Waals surface area contributed by atoms with E-state index in [4.69, 9.17) is 23.2 Å². The second kappa shape index (κ2) is 3.70. The molecule has 76 valence electrons. The zero-order valence-electron chi connectivity index (χ0n) is 7.90. The highest BCUT2D eigenvalue weighted by molar-refractivity contribution is 6.35. The summed E-state index contributed by atoms with van der Waals surface area (Å²) in [5.41, 5.74) is 7.42. The monoisotopic (exact) mass is 230 g/mol. The van der Waals surface area contributed by atoms with E-state index in [1.54, 1.807) is 6.07 Å². The molecule has 0 bridgehead atoms. The lowest BCUT2D eigenvalue weighted by Crippen LogP contribution is -2.28. The van der Waals surface area contributed by atoms with Gasteiger partial charge in [0.2, 0.25) is 0 Å². The van der Waals surface area contributed by atoms with Crippen LogP contribution in [0.15, 0.2) is 18.2 Å². The molecule has 1 saturated heterocycles. The van der Waals surface area contributed by atoms with Crippen molar-refractivity contribution in [2.45, 2.75) is 12.3 Å². The van der Waals surface area contributed by atoms with Gasteiger partial charge in [-0.25, -0.2) is 0 Å². The molecule has 2 rings (SSSR count). The summed E-state index contributed by atoms with van der Waals surface area (Å²) in [6.45, 7) is 3.94. The van der Waals surface area contributed by atoms with Crippen molar-refractivity contribution < 1.29 is 0 Å². The molecular weight excluding hydrogens is 219 g/mol. The van der Waals surface area contributed by atoms with E-state index in [2.05, 4.69) is 17.8 Å². The Balaban J connectivity index is 2.40. The van der Waals surface area contributed by atoms with Crippen molar-refractivity contribution in [3.05, 3.63) is 33.8 Å². The molecule has 1 aromatic carbocycles. The molecule has 0 atom stereocenters. The summed E-state index contributed by atoms with van der Waals surface area (Å²) in [4.78, 5) is 0. The van der Waals surface area contributed by atoms with Gasteiger partial charge in [-0.15, -0.1) is 0 Å². The molecule has 1 fully saturated rings. The average Bonchev–Trinajstić information content (AvgIpc) is 2.52. The van der Waals surface area contributed by atoms with Gasteiger partial charge >= 0.3 is 0 Å². The third kappa shape index (κ3) is 1.75. The Morgan fingerprint density at radius 3 is 2.43 bits per heavy atom. The maximum absolute atomic E-state index is 6.16. The molecule has 1 aliphatic heterocycles. The Morgan fingerprint density at radius 2 is 1.86 bits per heavy atom. The molecule has 0 spiro atoms. The van der Waals surface area contributed by atoms with Crippen molar-refractivity contribution in [2.75, 3.05) is 13.1 Å². The van der Waals surface area contributed by atoms with Crippen LogP contribution in [0.25, 0.3) is 0 Å². The predicted molar refractivity (Wildman–Crippen MR) is 59.8 cm³/mol. The number of hydrazine groups is 1. The van der Waals surface area contributed by atoms with Crippen molar-refractivity contribution in [1.82, 2.24) is 10.9 Å². The summed E-state index contributed by atoms with van der Waals surface area (Å²) < 4.78 is 0. The van der Waals surface area contributed by atoms with Gasteiger partial charge in [-0.1, -0.05) is 36.2 Å². The zero-order chi connectivity index (χ0) is 10.2. The molecule has 2 N–H and O–H groups in total. The fraction of sp³-hybridized carbons (Fsp3) is 0.400. The van der Waals surface area contributed by atoms with Crippen LogP contribution >= 0.6 is 23.2 Å². The van der Waals surface area contributed by atoms with Gasteiger partial charge in [0.15, 0.2) is 0 Å². The number of hydrogen-bond donors (Lipinski definition) is 2. The fourth-order valence-corrected chi connectivity index (χ4v) is 2.38.